The number of hydrogen-bond donors (Lipinski definition) is 2. The number of rotatable bonds is 3. The van der Waals surface area contributed by atoms with E-state index in [0.29, 0.717) is 11.7 Å². The number of nitrogens with zero attached hydrogens (tertiary/aromatic N) is 1. The lowest BCUT2D eigenvalue weighted by Crippen LogP contribution is -2.11. The highest BCUT2D eigenvalue weighted by Gasteiger charge is 2.23. The largest absolute Gasteiger partial charge is 0.496 e. The van der Waals surface area contributed by atoms with Gasteiger partial charge in [-0.15, -0.1) is 0 Å². The molecule has 1 heterocycles. The number of aromatic nitrogens is 2. The summed E-state index contributed by atoms with van der Waals surface area (Å²) >= 11 is 0. The van der Waals surface area contributed by atoms with Crippen molar-refractivity contribution in [2.45, 2.75) is 38.5 Å². The predicted molar refractivity (Wildman–Crippen MR) is 85.4 cm³/mol. The highest BCUT2D eigenvalue weighted by Crippen LogP contribution is 2.40. The zero-order valence-electron chi connectivity index (χ0n) is 12.7. The Morgan fingerprint density at radius 3 is 2.57 bits per heavy atom. The van der Waals surface area contributed by atoms with E-state index in [-0.39, 0.29) is 0 Å². The van der Waals surface area contributed by atoms with Crippen LogP contribution in [-0.4, -0.2) is 17.3 Å². The van der Waals surface area contributed by atoms with Gasteiger partial charge in [0.25, 0.3) is 0 Å². The molecule has 0 bridgehead atoms. The number of nitrogen functional groups attached to an aromatic ring is 1. The second-order valence-electron chi connectivity index (χ2n) is 6.12. The molecule has 0 spiro atoms. The molecule has 3 N–H and O–H groups in total. The lowest BCUT2D eigenvalue weighted by atomic mass is 9.79. The Bertz CT molecular complexity index is 612. The third-order valence-corrected chi connectivity index (χ3v) is 4.59. The molecule has 0 atom stereocenters. The molecule has 0 amide bonds. The molecule has 4 nitrogen and oxygen atoms in total. The van der Waals surface area contributed by atoms with E-state index in [1.165, 1.54) is 31.2 Å². The van der Waals surface area contributed by atoms with Gasteiger partial charge in [0, 0.05) is 11.6 Å². The number of methoxy groups -OCH3 is 1. The van der Waals surface area contributed by atoms with Gasteiger partial charge in [-0.2, -0.15) is 5.10 Å². The molecule has 1 aliphatic rings. The van der Waals surface area contributed by atoms with Gasteiger partial charge in [-0.3, -0.25) is 5.10 Å². The number of ether oxygens (including phenoxy) is 1. The fraction of sp³-hybridized carbons (Fsp3) is 0.471. The van der Waals surface area contributed by atoms with Gasteiger partial charge < -0.3 is 10.5 Å². The molecule has 0 unspecified atom stereocenters. The Hall–Kier alpha value is -1.97. The maximum Gasteiger partial charge on any atom is 0.145 e. The van der Waals surface area contributed by atoms with Gasteiger partial charge in [0.1, 0.15) is 11.6 Å². The molecule has 112 valence electrons. The van der Waals surface area contributed by atoms with Crippen molar-refractivity contribution in [2.24, 2.45) is 5.92 Å². The molecular formula is C17H23N3O. The van der Waals surface area contributed by atoms with Crippen molar-refractivity contribution in [2.75, 3.05) is 12.8 Å². The topological polar surface area (TPSA) is 63.9 Å². The van der Waals surface area contributed by atoms with Crippen LogP contribution in [-0.2, 0) is 0 Å². The van der Waals surface area contributed by atoms with Crippen LogP contribution in [0.25, 0.3) is 11.3 Å². The molecule has 1 fully saturated rings. The van der Waals surface area contributed by atoms with Crippen LogP contribution in [0.4, 0.5) is 5.82 Å². The molecule has 1 aromatic heterocycles. The Morgan fingerprint density at radius 1 is 1.19 bits per heavy atom. The van der Waals surface area contributed by atoms with Crippen molar-refractivity contribution in [1.82, 2.24) is 10.2 Å². The first kappa shape index (κ1) is 14.0. The van der Waals surface area contributed by atoms with E-state index in [1.807, 2.05) is 6.07 Å². The van der Waals surface area contributed by atoms with Crippen molar-refractivity contribution in [1.29, 1.82) is 0 Å². The highest BCUT2D eigenvalue weighted by atomic mass is 16.5. The van der Waals surface area contributed by atoms with Crippen LogP contribution in [0.5, 0.6) is 5.75 Å². The summed E-state index contributed by atoms with van der Waals surface area (Å²) in [7, 11) is 1.75. The number of H-pyrrole nitrogens is 1. The fourth-order valence-electron chi connectivity index (χ4n) is 3.28. The van der Waals surface area contributed by atoms with Crippen molar-refractivity contribution in [3.8, 4) is 17.0 Å². The quantitative estimate of drug-likeness (QED) is 0.897. The van der Waals surface area contributed by atoms with E-state index < -0.39 is 0 Å². The molecule has 4 heteroatoms. The summed E-state index contributed by atoms with van der Waals surface area (Å²) in [5, 5.41) is 6.99. The summed E-state index contributed by atoms with van der Waals surface area (Å²) in [5.74, 6) is 2.96. The van der Waals surface area contributed by atoms with Crippen molar-refractivity contribution in [3.05, 3.63) is 29.8 Å². The van der Waals surface area contributed by atoms with Gasteiger partial charge in [0.15, 0.2) is 0 Å². The van der Waals surface area contributed by atoms with Crippen LogP contribution in [0.1, 0.15) is 44.1 Å². The molecule has 2 aromatic rings. The minimum Gasteiger partial charge on any atom is -0.496 e. The smallest absolute Gasteiger partial charge is 0.145 e. The molecule has 1 aliphatic carbocycles. The predicted octanol–water partition coefficient (Wildman–Crippen LogP) is 3.96. The van der Waals surface area contributed by atoms with Crippen LogP contribution >= 0.6 is 0 Å². The first-order chi connectivity index (χ1) is 10.2. The van der Waals surface area contributed by atoms with Crippen LogP contribution in [0.15, 0.2) is 24.3 Å². The lowest BCUT2D eigenvalue weighted by molar-refractivity contribution is 0.336. The standard InChI is InChI=1S/C17H23N3O/c1-11-3-5-12(6-4-11)14-9-13(7-8-16(14)21-2)15-10-17(18)20-19-15/h7-12H,3-6H2,1-2H3,(H3,18,19,20). The summed E-state index contributed by atoms with van der Waals surface area (Å²) in [6.45, 7) is 2.34. The average molecular weight is 285 g/mol. The van der Waals surface area contributed by atoms with E-state index in [2.05, 4.69) is 35.3 Å². The first-order valence-corrected chi connectivity index (χ1v) is 7.66. The number of nitrogens with two attached hydrogens (primary N) is 1. The molecule has 21 heavy (non-hydrogen) atoms. The lowest BCUT2D eigenvalue weighted by Gasteiger charge is -2.27. The SMILES string of the molecule is COc1ccc(-c2cc(N)n[nH]2)cc1C1CCC(C)CC1. The number of anilines is 1. The molecule has 3 rings (SSSR count). The molecule has 0 aliphatic heterocycles. The summed E-state index contributed by atoms with van der Waals surface area (Å²) in [6, 6.07) is 8.21. The molecule has 1 saturated carbocycles. The van der Waals surface area contributed by atoms with Gasteiger partial charge in [-0.1, -0.05) is 19.8 Å². The number of nitrogens with one attached hydrogen (secondary N) is 1. The second-order valence-corrected chi connectivity index (χ2v) is 6.12. The van der Waals surface area contributed by atoms with Crippen molar-refractivity contribution < 1.29 is 4.74 Å². The van der Waals surface area contributed by atoms with Crippen molar-refractivity contribution in [3.63, 3.8) is 0 Å². The average Bonchev–Trinajstić information content (AvgIpc) is 2.94. The minimum absolute atomic E-state index is 0.522. The van der Waals surface area contributed by atoms with E-state index >= 15 is 0 Å². The van der Waals surface area contributed by atoms with Gasteiger partial charge >= 0.3 is 0 Å². The van der Waals surface area contributed by atoms with E-state index in [9.17, 15) is 0 Å². The van der Waals surface area contributed by atoms with Crippen LogP contribution < -0.4 is 10.5 Å². The van der Waals surface area contributed by atoms with E-state index in [4.69, 9.17) is 10.5 Å². The number of hydrogen-bond acceptors (Lipinski definition) is 3. The van der Waals surface area contributed by atoms with Gasteiger partial charge in [0.05, 0.1) is 12.8 Å². The van der Waals surface area contributed by atoms with Gasteiger partial charge in [-0.05, 0) is 48.4 Å². The molecule has 0 saturated heterocycles. The summed E-state index contributed by atoms with van der Waals surface area (Å²) in [6.07, 6.45) is 5.09. The molecule has 1 aromatic carbocycles. The molecular weight excluding hydrogens is 262 g/mol. The summed E-state index contributed by atoms with van der Waals surface area (Å²) in [4.78, 5) is 0. The number of benzene rings is 1. The second kappa shape index (κ2) is 5.80. The van der Waals surface area contributed by atoms with Crippen LogP contribution in [0.2, 0.25) is 0 Å². The summed E-state index contributed by atoms with van der Waals surface area (Å²) < 4.78 is 5.57. The van der Waals surface area contributed by atoms with E-state index in [0.717, 1.165) is 22.9 Å². The Balaban J connectivity index is 1.94. The van der Waals surface area contributed by atoms with Crippen LogP contribution in [0, 0.1) is 5.92 Å². The Kier molecular flexibility index (Phi) is 3.86. The van der Waals surface area contributed by atoms with Crippen molar-refractivity contribution >= 4 is 5.82 Å². The summed E-state index contributed by atoms with van der Waals surface area (Å²) in [5.41, 5.74) is 9.09. The van der Waals surface area contributed by atoms with Crippen LogP contribution in [0.3, 0.4) is 0 Å². The maximum absolute atomic E-state index is 5.70. The third-order valence-electron chi connectivity index (χ3n) is 4.59. The third kappa shape index (κ3) is 2.89. The zero-order valence-corrected chi connectivity index (χ0v) is 12.7. The normalized spacial score (nSPS) is 22.2. The molecule has 0 radical (unpaired) electrons. The van der Waals surface area contributed by atoms with Gasteiger partial charge in [-0.25, -0.2) is 0 Å². The monoisotopic (exact) mass is 285 g/mol. The highest BCUT2D eigenvalue weighted by molar-refractivity contribution is 5.64. The zero-order chi connectivity index (χ0) is 14.8. The first-order valence-electron chi connectivity index (χ1n) is 7.66. The van der Waals surface area contributed by atoms with E-state index in [1.54, 1.807) is 7.11 Å². The van der Waals surface area contributed by atoms with Gasteiger partial charge in [0.2, 0.25) is 0 Å². The minimum atomic E-state index is 0.522. The Morgan fingerprint density at radius 2 is 1.95 bits per heavy atom. The Labute approximate surface area is 125 Å². The fourth-order valence-corrected chi connectivity index (χ4v) is 3.28. The number of aromatic amines is 1. The maximum atomic E-state index is 5.70.